The zero-order chi connectivity index (χ0) is 19.6. The topological polar surface area (TPSA) is 56.0 Å². The molecule has 0 atom stereocenters. The number of aromatic nitrogens is 2. The smallest absolute Gasteiger partial charge is 0.323 e. The molecule has 140 valence electrons. The zero-order valence-electron chi connectivity index (χ0n) is 13.7. The first-order valence-corrected chi connectivity index (χ1v) is 8.13. The average Bonchev–Trinajstić information content (AvgIpc) is 3.11. The van der Waals surface area contributed by atoms with E-state index >= 15 is 0 Å². The summed E-state index contributed by atoms with van der Waals surface area (Å²) in [5, 5.41) is 3.05. The predicted octanol–water partition coefficient (Wildman–Crippen LogP) is 3.95. The van der Waals surface area contributed by atoms with Crippen molar-refractivity contribution in [2.24, 2.45) is 0 Å². The Labute approximate surface area is 156 Å². The number of anilines is 1. The number of carbonyl (C=O) groups excluding carboxylic acids is 1. The average molecular weight is 396 g/mol. The predicted molar refractivity (Wildman–Crippen MR) is 95.1 cm³/mol. The number of nitrogens with one attached hydrogen (secondary N) is 1. The second kappa shape index (κ2) is 7.32. The molecule has 1 amide bonds. The van der Waals surface area contributed by atoms with Crippen LogP contribution >= 0.6 is 11.6 Å². The lowest BCUT2D eigenvalue weighted by Crippen LogP contribution is -2.32. The Kier molecular flexibility index (Phi) is 5.09. The number of carbonyl (C=O) groups is 1. The van der Waals surface area contributed by atoms with Crippen LogP contribution in [0, 0.1) is 0 Å². The van der Waals surface area contributed by atoms with Crippen molar-refractivity contribution in [1.29, 1.82) is 0 Å². The monoisotopic (exact) mass is 395 g/mol. The SMILES string of the molecule is O=C(Cn1cccc(C(F)(F)F)c1=O)Nc1ccc(Cl)cc1-n1cccc1. The fourth-order valence-corrected chi connectivity index (χ4v) is 2.71. The van der Waals surface area contributed by atoms with Gasteiger partial charge in [-0.25, -0.2) is 0 Å². The fourth-order valence-electron chi connectivity index (χ4n) is 2.54. The van der Waals surface area contributed by atoms with Gasteiger partial charge in [-0.3, -0.25) is 9.59 Å². The van der Waals surface area contributed by atoms with Gasteiger partial charge in [-0.2, -0.15) is 13.2 Å². The number of nitrogens with zero attached hydrogens (tertiary/aromatic N) is 2. The second-order valence-electron chi connectivity index (χ2n) is 5.65. The Bertz CT molecular complexity index is 1030. The van der Waals surface area contributed by atoms with Crippen LogP contribution in [-0.2, 0) is 17.5 Å². The van der Waals surface area contributed by atoms with Crippen molar-refractivity contribution < 1.29 is 18.0 Å². The number of hydrogen-bond acceptors (Lipinski definition) is 2. The molecule has 5 nitrogen and oxygen atoms in total. The highest BCUT2D eigenvalue weighted by Gasteiger charge is 2.34. The molecule has 2 heterocycles. The molecule has 0 saturated heterocycles. The molecule has 9 heteroatoms. The summed E-state index contributed by atoms with van der Waals surface area (Å²) in [5.41, 5.74) is -1.61. The van der Waals surface area contributed by atoms with Crippen LogP contribution in [0.15, 0.2) is 65.8 Å². The summed E-state index contributed by atoms with van der Waals surface area (Å²) >= 11 is 6.00. The minimum atomic E-state index is -4.78. The Morgan fingerprint density at radius 3 is 2.44 bits per heavy atom. The van der Waals surface area contributed by atoms with E-state index in [-0.39, 0.29) is 0 Å². The molecule has 3 aromatic rings. The summed E-state index contributed by atoms with van der Waals surface area (Å²) in [6.07, 6.45) is -0.155. The molecule has 27 heavy (non-hydrogen) atoms. The summed E-state index contributed by atoms with van der Waals surface area (Å²) in [5.74, 6) is -0.646. The maximum absolute atomic E-state index is 12.8. The van der Waals surface area contributed by atoms with Crippen molar-refractivity contribution in [3.05, 3.63) is 82.0 Å². The molecular formula is C18H13ClF3N3O2. The van der Waals surface area contributed by atoms with Crippen LogP contribution in [0.1, 0.15) is 5.56 Å². The minimum absolute atomic E-state index is 0.403. The Hall–Kier alpha value is -3.00. The van der Waals surface area contributed by atoms with Gasteiger partial charge in [0.2, 0.25) is 5.91 Å². The standard InChI is InChI=1S/C18H13ClF3N3O2/c19-12-5-6-14(15(10-12)24-7-1-2-8-24)23-16(26)11-25-9-3-4-13(17(25)27)18(20,21)22/h1-10H,11H2,(H,23,26). The van der Waals surface area contributed by atoms with E-state index in [2.05, 4.69) is 5.32 Å². The molecule has 0 aliphatic rings. The lowest BCUT2D eigenvalue weighted by molar-refractivity contribution is -0.139. The Balaban J connectivity index is 1.85. The van der Waals surface area contributed by atoms with Gasteiger partial charge in [0.25, 0.3) is 5.56 Å². The molecule has 2 aromatic heterocycles. The summed E-state index contributed by atoms with van der Waals surface area (Å²) < 4.78 is 40.9. The molecule has 0 aliphatic carbocycles. The number of halogens is 4. The largest absolute Gasteiger partial charge is 0.421 e. The fraction of sp³-hybridized carbons (Fsp3) is 0.111. The van der Waals surface area contributed by atoms with Gasteiger partial charge in [-0.15, -0.1) is 0 Å². The van der Waals surface area contributed by atoms with Crippen LogP contribution in [0.25, 0.3) is 5.69 Å². The van der Waals surface area contributed by atoms with Crippen molar-refractivity contribution in [2.75, 3.05) is 5.32 Å². The van der Waals surface area contributed by atoms with Gasteiger partial charge in [0.15, 0.2) is 0 Å². The van der Waals surface area contributed by atoms with Crippen molar-refractivity contribution in [3.63, 3.8) is 0 Å². The van der Waals surface area contributed by atoms with Gasteiger partial charge >= 0.3 is 6.18 Å². The molecule has 0 spiro atoms. The highest BCUT2D eigenvalue weighted by atomic mass is 35.5. The molecule has 1 N–H and O–H groups in total. The minimum Gasteiger partial charge on any atom is -0.323 e. The van der Waals surface area contributed by atoms with E-state index in [0.29, 0.717) is 27.0 Å². The van der Waals surface area contributed by atoms with E-state index in [0.717, 1.165) is 12.3 Å². The quantitative estimate of drug-likeness (QED) is 0.727. The van der Waals surface area contributed by atoms with E-state index < -0.39 is 29.8 Å². The van der Waals surface area contributed by atoms with Crippen LogP contribution in [0.4, 0.5) is 18.9 Å². The van der Waals surface area contributed by atoms with Crippen LogP contribution in [0.5, 0.6) is 0 Å². The van der Waals surface area contributed by atoms with E-state index in [1.165, 1.54) is 0 Å². The normalized spacial score (nSPS) is 11.4. The van der Waals surface area contributed by atoms with Gasteiger partial charge in [-0.1, -0.05) is 11.6 Å². The molecule has 0 bridgehead atoms. The van der Waals surface area contributed by atoms with Crippen molar-refractivity contribution in [3.8, 4) is 5.69 Å². The maximum Gasteiger partial charge on any atom is 0.421 e. The lowest BCUT2D eigenvalue weighted by Gasteiger charge is -2.14. The molecular weight excluding hydrogens is 383 g/mol. The zero-order valence-corrected chi connectivity index (χ0v) is 14.5. The number of amides is 1. The third kappa shape index (κ3) is 4.22. The van der Waals surface area contributed by atoms with Gasteiger partial charge in [0.05, 0.1) is 11.4 Å². The van der Waals surface area contributed by atoms with Crippen LogP contribution < -0.4 is 10.9 Å². The van der Waals surface area contributed by atoms with Crippen LogP contribution in [0.2, 0.25) is 5.02 Å². The van der Waals surface area contributed by atoms with Gasteiger partial charge in [-0.05, 0) is 42.5 Å². The summed E-state index contributed by atoms with van der Waals surface area (Å²) in [6, 6.07) is 10.1. The lowest BCUT2D eigenvalue weighted by atomic mass is 10.2. The molecule has 1 aromatic carbocycles. The summed E-state index contributed by atoms with van der Waals surface area (Å²) in [4.78, 5) is 24.3. The summed E-state index contributed by atoms with van der Waals surface area (Å²) in [6.45, 7) is -0.559. The third-order valence-corrected chi connectivity index (χ3v) is 3.99. The van der Waals surface area contributed by atoms with Crippen LogP contribution in [0.3, 0.4) is 0 Å². The first-order chi connectivity index (χ1) is 12.8. The first kappa shape index (κ1) is 18.8. The number of pyridine rings is 1. The van der Waals surface area contributed by atoms with E-state index in [1.54, 1.807) is 47.3 Å². The molecule has 0 unspecified atom stereocenters. The second-order valence-corrected chi connectivity index (χ2v) is 6.09. The van der Waals surface area contributed by atoms with Gasteiger partial charge in [0.1, 0.15) is 12.1 Å². The molecule has 0 aliphatic heterocycles. The molecule has 0 radical (unpaired) electrons. The first-order valence-electron chi connectivity index (χ1n) is 7.75. The maximum atomic E-state index is 12.8. The van der Waals surface area contributed by atoms with Crippen molar-refractivity contribution in [1.82, 2.24) is 9.13 Å². The molecule has 0 fully saturated rings. The van der Waals surface area contributed by atoms with Crippen LogP contribution in [-0.4, -0.2) is 15.0 Å². The number of alkyl halides is 3. The van der Waals surface area contributed by atoms with E-state index in [4.69, 9.17) is 11.6 Å². The Morgan fingerprint density at radius 1 is 1.07 bits per heavy atom. The highest BCUT2D eigenvalue weighted by molar-refractivity contribution is 6.30. The van der Waals surface area contributed by atoms with E-state index in [1.807, 2.05) is 0 Å². The third-order valence-electron chi connectivity index (χ3n) is 3.76. The van der Waals surface area contributed by atoms with Crippen molar-refractivity contribution in [2.45, 2.75) is 12.7 Å². The number of hydrogen-bond donors (Lipinski definition) is 1. The van der Waals surface area contributed by atoms with E-state index in [9.17, 15) is 22.8 Å². The number of benzene rings is 1. The highest BCUT2D eigenvalue weighted by Crippen LogP contribution is 2.26. The number of rotatable bonds is 4. The Morgan fingerprint density at radius 2 is 1.78 bits per heavy atom. The van der Waals surface area contributed by atoms with Gasteiger partial charge < -0.3 is 14.5 Å². The molecule has 0 saturated carbocycles. The summed E-state index contributed by atoms with van der Waals surface area (Å²) in [7, 11) is 0. The molecule has 3 rings (SSSR count). The van der Waals surface area contributed by atoms with Crippen molar-refractivity contribution >= 4 is 23.2 Å². The van der Waals surface area contributed by atoms with Gasteiger partial charge in [0, 0.05) is 23.6 Å².